The number of halogens is 1. The molecule has 5 heteroatoms. The first kappa shape index (κ1) is 19.9. The van der Waals surface area contributed by atoms with Crippen LogP contribution in [0.2, 0.25) is 0 Å². The lowest BCUT2D eigenvalue weighted by Gasteiger charge is -2.53. The van der Waals surface area contributed by atoms with E-state index in [1.807, 2.05) is 0 Å². The second kappa shape index (κ2) is 7.46. The Morgan fingerprint density at radius 3 is 2.61 bits per heavy atom. The highest BCUT2D eigenvalue weighted by molar-refractivity contribution is 5.66. The molecule has 156 valence electrons. The van der Waals surface area contributed by atoms with E-state index in [9.17, 15) is 14.0 Å². The monoisotopic (exact) mass is 392 g/mol. The Morgan fingerprint density at radius 1 is 1.11 bits per heavy atom. The first-order valence-corrected chi connectivity index (χ1v) is 11.0. The molecule has 4 aliphatic carbocycles. The van der Waals surface area contributed by atoms with E-state index in [2.05, 4.69) is 6.92 Å². The van der Waals surface area contributed by atoms with Gasteiger partial charge in [-0.2, -0.15) is 0 Å². The third-order valence-electron chi connectivity index (χ3n) is 8.22. The summed E-state index contributed by atoms with van der Waals surface area (Å²) in [6.07, 6.45) is 6.42. The first-order chi connectivity index (χ1) is 13.3. The van der Waals surface area contributed by atoms with Crippen LogP contribution in [-0.2, 0) is 19.1 Å². The van der Waals surface area contributed by atoms with Gasteiger partial charge in [-0.15, -0.1) is 0 Å². The van der Waals surface area contributed by atoms with Crippen molar-refractivity contribution >= 4 is 11.9 Å². The molecule has 7 unspecified atom stereocenters. The predicted molar refractivity (Wildman–Crippen MR) is 103 cm³/mol. The molecule has 0 aromatic rings. The van der Waals surface area contributed by atoms with E-state index in [1.54, 1.807) is 0 Å². The van der Waals surface area contributed by atoms with Crippen molar-refractivity contribution in [2.45, 2.75) is 84.4 Å². The zero-order chi connectivity index (χ0) is 20.1. The van der Waals surface area contributed by atoms with Gasteiger partial charge >= 0.3 is 11.9 Å². The number of carbonyl (C=O) groups excluding carboxylic acids is 2. The molecule has 2 fully saturated rings. The molecule has 0 radical (unpaired) electrons. The molecule has 0 aromatic heterocycles. The largest absolute Gasteiger partial charge is 0.465 e. The van der Waals surface area contributed by atoms with Crippen molar-refractivity contribution in [3.8, 4) is 0 Å². The fourth-order valence-electron chi connectivity index (χ4n) is 7.05. The molecular weight excluding hydrogens is 359 g/mol. The van der Waals surface area contributed by atoms with Gasteiger partial charge in [0.2, 0.25) is 0 Å². The lowest BCUT2D eigenvalue weighted by atomic mass is 9.52. The third-order valence-corrected chi connectivity index (χ3v) is 8.22. The summed E-state index contributed by atoms with van der Waals surface area (Å²) in [6.45, 7) is 5.63. The molecule has 2 saturated carbocycles. The number of allylic oxidation sites excluding steroid dienone is 1. The zero-order valence-electron chi connectivity index (χ0n) is 17.3. The van der Waals surface area contributed by atoms with Gasteiger partial charge in [0, 0.05) is 31.6 Å². The molecule has 28 heavy (non-hydrogen) atoms. The smallest absolute Gasteiger partial charge is 0.302 e. The Labute approximate surface area is 167 Å². The van der Waals surface area contributed by atoms with Crippen LogP contribution in [-0.4, -0.2) is 30.8 Å². The maximum atomic E-state index is 14.2. The summed E-state index contributed by atoms with van der Waals surface area (Å²) >= 11 is 0. The first-order valence-electron chi connectivity index (χ1n) is 11.0. The predicted octanol–water partition coefficient (Wildman–Crippen LogP) is 4.76. The summed E-state index contributed by atoms with van der Waals surface area (Å²) in [5.74, 6) is 1.28. The minimum atomic E-state index is -0.760. The van der Waals surface area contributed by atoms with Gasteiger partial charge in [0.05, 0.1) is 6.61 Å². The number of hydrogen-bond acceptors (Lipinski definition) is 4. The van der Waals surface area contributed by atoms with Crippen molar-refractivity contribution in [3.05, 3.63) is 11.1 Å². The topological polar surface area (TPSA) is 52.6 Å². The van der Waals surface area contributed by atoms with Crippen LogP contribution in [0.15, 0.2) is 11.1 Å². The average molecular weight is 393 g/mol. The number of esters is 2. The second-order valence-electron chi connectivity index (χ2n) is 9.72. The van der Waals surface area contributed by atoms with Crippen molar-refractivity contribution < 1.29 is 23.5 Å². The maximum absolute atomic E-state index is 14.2. The van der Waals surface area contributed by atoms with Crippen LogP contribution < -0.4 is 0 Å². The van der Waals surface area contributed by atoms with E-state index in [-0.39, 0.29) is 29.4 Å². The van der Waals surface area contributed by atoms with E-state index in [4.69, 9.17) is 9.47 Å². The number of carbonyl (C=O) groups is 2. The summed E-state index contributed by atoms with van der Waals surface area (Å²) in [5.41, 5.74) is 2.76. The number of alkyl halides is 1. The highest BCUT2D eigenvalue weighted by atomic mass is 19.1. The number of rotatable bonds is 3. The van der Waals surface area contributed by atoms with Gasteiger partial charge in [-0.25, -0.2) is 4.39 Å². The molecule has 4 nitrogen and oxygen atoms in total. The molecule has 4 aliphatic rings. The van der Waals surface area contributed by atoms with E-state index >= 15 is 0 Å². The Morgan fingerprint density at radius 2 is 1.89 bits per heavy atom. The summed E-state index contributed by atoms with van der Waals surface area (Å²) < 4.78 is 25.3. The van der Waals surface area contributed by atoms with Gasteiger partial charge in [-0.3, -0.25) is 9.59 Å². The highest BCUT2D eigenvalue weighted by Crippen LogP contribution is 2.62. The molecule has 0 aliphatic heterocycles. The number of fused-ring (bicyclic) bond motifs is 4. The molecule has 0 N–H and O–H groups in total. The maximum Gasteiger partial charge on any atom is 0.302 e. The van der Waals surface area contributed by atoms with Crippen LogP contribution in [0, 0.1) is 29.1 Å². The molecule has 7 atom stereocenters. The number of ether oxygens (including phenoxy) is 2. The molecule has 0 aromatic carbocycles. The van der Waals surface area contributed by atoms with Crippen molar-refractivity contribution in [1.82, 2.24) is 0 Å². The molecule has 0 bridgehead atoms. The van der Waals surface area contributed by atoms with Gasteiger partial charge in [0.15, 0.2) is 0 Å². The van der Waals surface area contributed by atoms with Gasteiger partial charge < -0.3 is 9.47 Å². The number of hydrogen-bond donors (Lipinski definition) is 0. The molecule has 4 rings (SSSR count). The van der Waals surface area contributed by atoms with Crippen molar-refractivity contribution in [2.24, 2.45) is 29.1 Å². The lowest BCUT2D eigenvalue weighted by molar-refractivity contribution is -0.155. The third kappa shape index (κ3) is 3.39. The minimum absolute atomic E-state index is 0.0137. The van der Waals surface area contributed by atoms with E-state index in [1.165, 1.54) is 25.0 Å². The Kier molecular flexibility index (Phi) is 5.30. The van der Waals surface area contributed by atoms with Crippen LogP contribution in [0.25, 0.3) is 0 Å². The second-order valence-corrected chi connectivity index (χ2v) is 9.72. The van der Waals surface area contributed by atoms with Gasteiger partial charge in [0.1, 0.15) is 12.3 Å². The lowest BCUT2D eigenvalue weighted by Crippen LogP contribution is -2.48. The average Bonchev–Trinajstić information content (AvgIpc) is 2.95. The van der Waals surface area contributed by atoms with Crippen molar-refractivity contribution in [1.29, 1.82) is 0 Å². The summed E-state index contributed by atoms with van der Waals surface area (Å²) in [4.78, 5) is 23.0. The van der Waals surface area contributed by atoms with Crippen molar-refractivity contribution in [3.63, 3.8) is 0 Å². The summed E-state index contributed by atoms with van der Waals surface area (Å²) in [6, 6.07) is 0. The van der Waals surface area contributed by atoms with Gasteiger partial charge in [-0.1, -0.05) is 18.1 Å². The van der Waals surface area contributed by atoms with Crippen LogP contribution in [0.5, 0.6) is 0 Å². The highest BCUT2D eigenvalue weighted by Gasteiger charge is 2.57. The summed E-state index contributed by atoms with van der Waals surface area (Å²) in [7, 11) is 0. The Bertz CT molecular complexity index is 686. The Hall–Kier alpha value is -1.39. The molecule has 0 saturated heterocycles. The standard InChI is InChI=1S/C23H33FO4/c1-13(25)27-12-15-10-20-18(17-5-4-16(24)11-19(15)17)8-9-23(3)21(20)6-7-22(23)28-14(2)26/h15-16,18,20-22H,4-12H2,1-3H3. The van der Waals surface area contributed by atoms with E-state index in [0.29, 0.717) is 37.2 Å². The van der Waals surface area contributed by atoms with Gasteiger partial charge in [-0.05, 0) is 62.7 Å². The SMILES string of the molecule is CC(=O)OCC1CC2C(CCC3(C)C(OC(C)=O)CCC23)C2=C1CC(F)CC2. The Balaban J connectivity index is 1.62. The van der Waals surface area contributed by atoms with Crippen LogP contribution in [0.4, 0.5) is 4.39 Å². The van der Waals surface area contributed by atoms with E-state index < -0.39 is 6.17 Å². The van der Waals surface area contributed by atoms with Crippen LogP contribution in [0.3, 0.4) is 0 Å². The fraction of sp³-hybridized carbons (Fsp3) is 0.826. The van der Waals surface area contributed by atoms with Gasteiger partial charge in [0.25, 0.3) is 0 Å². The summed E-state index contributed by atoms with van der Waals surface area (Å²) in [5, 5.41) is 0. The molecular formula is C23H33FO4. The van der Waals surface area contributed by atoms with Crippen LogP contribution in [0.1, 0.15) is 72.1 Å². The van der Waals surface area contributed by atoms with Crippen molar-refractivity contribution in [2.75, 3.05) is 6.61 Å². The molecule has 0 amide bonds. The fourth-order valence-corrected chi connectivity index (χ4v) is 7.05. The minimum Gasteiger partial charge on any atom is -0.465 e. The normalized spacial score (nSPS) is 42.3. The van der Waals surface area contributed by atoms with E-state index in [0.717, 1.165) is 38.5 Å². The molecule has 0 spiro atoms. The quantitative estimate of drug-likeness (QED) is 0.513. The molecule has 0 heterocycles. The van der Waals surface area contributed by atoms with Crippen LogP contribution >= 0.6 is 0 Å². The zero-order valence-corrected chi connectivity index (χ0v) is 17.3.